The minimum atomic E-state index is -4.56. The van der Waals surface area contributed by atoms with Crippen molar-refractivity contribution < 1.29 is 26.3 Å². The summed E-state index contributed by atoms with van der Waals surface area (Å²) in [5, 5.41) is 0.375. The average Bonchev–Trinajstić information content (AvgIpc) is 2.93. The predicted octanol–water partition coefficient (Wildman–Crippen LogP) is 7.55. The summed E-state index contributed by atoms with van der Waals surface area (Å²) in [6, 6.07) is 26.8. The highest BCUT2D eigenvalue weighted by Gasteiger charge is 2.33. The van der Waals surface area contributed by atoms with Gasteiger partial charge in [-0.15, -0.1) is 0 Å². The topological polar surface area (TPSA) is 59.5 Å². The summed E-state index contributed by atoms with van der Waals surface area (Å²) < 4.78 is 73.9. The minimum Gasteiger partial charge on any atom is -0.457 e. The molecular weight excluding hydrogens is 537 g/mol. The second-order valence-electron chi connectivity index (χ2n) is 9.41. The van der Waals surface area contributed by atoms with Crippen LogP contribution in [-0.4, -0.2) is 31.8 Å². The van der Waals surface area contributed by atoms with Crippen LogP contribution in [0.1, 0.15) is 16.7 Å². The maximum Gasteiger partial charge on any atom is 0.418 e. The fourth-order valence-corrected chi connectivity index (χ4v) is 5.48. The molecule has 5 nitrogen and oxygen atoms in total. The Morgan fingerprint density at radius 3 is 2.20 bits per heavy atom. The van der Waals surface area contributed by atoms with Crippen molar-refractivity contribution >= 4 is 20.9 Å². The molecule has 4 aromatic carbocycles. The van der Waals surface area contributed by atoms with Gasteiger partial charge in [0.05, 0.1) is 16.0 Å². The first kappa shape index (κ1) is 27.4. The molecule has 0 N–H and O–H groups in total. The number of alkyl halides is 3. The van der Waals surface area contributed by atoms with Crippen LogP contribution >= 0.6 is 0 Å². The van der Waals surface area contributed by atoms with E-state index in [0.717, 1.165) is 21.5 Å². The van der Waals surface area contributed by atoms with E-state index in [1.807, 2.05) is 36.4 Å². The number of para-hydroxylation sites is 1. The Kier molecular flexibility index (Phi) is 7.35. The van der Waals surface area contributed by atoms with Crippen LogP contribution in [0.5, 0.6) is 11.5 Å². The van der Waals surface area contributed by atoms with Gasteiger partial charge in [0, 0.05) is 31.7 Å². The van der Waals surface area contributed by atoms with E-state index in [2.05, 4.69) is 4.98 Å². The summed E-state index contributed by atoms with van der Waals surface area (Å²) in [5.74, 6) is 0.711. The molecule has 9 heteroatoms. The van der Waals surface area contributed by atoms with E-state index in [9.17, 15) is 21.6 Å². The van der Waals surface area contributed by atoms with Crippen molar-refractivity contribution in [3.63, 3.8) is 0 Å². The van der Waals surface area contributed by atoms with Crippen molar-refractivity contribution in [3.8, 4) is 22.6 Å². The molecule has 0 saturated carbocycles. The Labute approximate surface area is 230 Å². The number of nitrogens with zero attached hydrogens (tertiary/aromatic N) is 2. The van der Waals surface area contributed by atoms with Crippen LogP contribution in [0.4, 0.5) is 13.2 Å². The Morgan fingerprint density at radius 2 is 1.50 bits per heavy atom. The average molecular weight is 563 g/mol. The number of rotatable bonds is 7. The number of halogens is 3. The quantitative estimate of drug-likeness (QED) is 0.206. The molecule has 1 heterocycles. The summed E-state index contributed by atoms with van der Waals surface area (Å²) in [6.45, 7) is 0. The van der Waals surface area contributed by atoms with E-state index in [4.69, 9.17) is 4.74 Å². The first-order valence-electron chi connectivity index (χ1n) is 12.4. The Balaban J connectivity index is 1.62. The van der Waals surface area contributed by atoms with Gasteiger partial charge in [-0.2, -0.15) is 13.2 Å². The molecule has 0 unspecified atom stereocenters. The van der Waals surface area contributed by atoms with Gasteiger partial charge in [-0.25, -0.2) is 12.7 Å². The molecule has 0 saturated heterocycles. The second-order valence-corrected chi connectivity index (χ2v) is 11.6. The molecule has 0 aliphatic carbocycles. The summed E-state index contributed by atoms with van der Waals surface area (Å²) in [6.07, 6.45) is -2.60. The standard InChI is InChI=1S/C31H25F3N2O3S/c1-36(2)40(37,38)26-14-7-13-25(19-26)39-24-12-6-11-22(18-24)29-23(17-21-9-4-3-5-10-21)20-35-30-27(29)15-8-16-28(30)31(32,33)34/h3-16,18-20H,17H2,1-2H3. The lowest BCUT2D eigenvalue weighted by atomic mass is 9.92. The highest BCUT2D eigenvalue weighted by Crippen LogP contribution is 2.40. The maximum atomic E-state index is 13.9. The van der Waals surface area contributed by atoms with Crippen molar-refractivity contribution in [1.82, 2.24) is 9.29 Å². The fraction of sp³-hybridized carbons (Fsp3) is 0.129. The smallest absolute Gasteiger partial charge is 0.418 e. The predicted molar refractivity (Wildman–Crippen MR) is 149 cm³/mol. The van der Waals surface area contributed by atoms with Gasteiger partial charge in [-0.3, -0.25) is 4.98 Å². The molecule has 0 aliphatic heterocycles. The van der Waals surface area contributed by atoms with Gasteiger partial charge in [0.15, 0.2) is 0 Å². The number of sulfonamides is 1. The zero-order valence-corrected chi connectivity index (χ0v) is 22.5. The largest absolute Gasteiger partial charge is 0.457 e. The molecule has 0 amide bonds. The van der Waals surface area contributed by atoms with Crippen LogP contribution < -0.4 is 4.74 Å². The van der Waals surface area contributed by atoms with Crippen LogP contribution in [0.15, 0.2) is 108 Å². The molecule has 40 heavy (non-hydrogen) atoms. The SMILES string of the molecule is CN(C)S(=O)(=O)c1cccc(Oc2cccc(-c3c(Cc4ccccc4)cnc4c(C(F)(F)F)cccc34)c2)c1. The number of pyridine rings is 1. The molecule has 0 spiro atoms. The van der Waals surface area contributed by atoms with Gasteiger partial charge < -0.3 is 4.74 Å². The van der Waals surface area contributed by atoms with E-state index in [1.165, 1.54) is 38.5 Å². The maximum absolute atomic E-state index is 13.9. The Bertz CT molecular complexity index is 1790. The number of hydrogen-bond donors (Lipinski definition) is 0. The van der Waals surface area contributed by atoms with E-state index in [1.54, 1.807) is 36.4 Å². The summed E-state index contributed by atoms with van der Waals surface area (Å²) >= 11 is 0. The molecule has 204 valence electrons. The van der Waals surface area contributed by atoms with E-state index < -0.39 is 21.8 Å². The van der Waals surface area contributed by atoms with Gasteiger partial charge >= 0.3 is 6.18 Å². The fourth-order valence-electron chi connectivity index (χ4n) is 4.54. The van der Waals surface area contributed by atoms with E-state index >= 15 is 0 Å². The van der Waals surface area contributed by atoms with Crippen molar-refractivity contribution in [2.24, 2.45) is 0 Å². The van der Waals surface area contributed by atoms with Crippen molar-refractivity contribution in [3.05, 3.63) is 120 Å². The first-order chi connectivity index (χ1) is 19.0. The third kappa shape index (κ3) is 5.57. The summed E-state index contributed by atoms with van der Waals surface area (Å²) in [4.78, 5) is 4.33. The zero-order chi connectivity index (χ0) is 28.5. The molecule has 5 rings (SSSR count). The van der Waals surface area contributed by atoms with Crippen LogP contribution in [0, 0.1) is 0 Å². The molecule has 0 aliphatic rings. The minimum absolute atomic E-state index is 0.0797. The van der Waals surface area contributed by atoms with Crippen LogP contribution in [0.25, 0.3) is 22.0 Å². The van der Waals surface area contributed by atoms with Crippen LogP contribution in [-0.2, 0) is 22.6 Å². The monoisotopic (exact) mass is 562 g/mol. The molecular formula is C31H25F3N2O3S. The Hall–Kier alpha value is -4.21. The number of ether oxygens (including phenoxy) is 1. The molecule has 1 aromatic heterocycles. The van der Waals surface area contributed by atoms with E-state index in [0.29, 0.717) is 34.4 Å². The number of hydrogen-bond acceptors (Lipinski definition) is 4. The normalized spacial score (nSPS) is 12.2. The van der Waals surface area contributed by atoms with Crippen LogP contribution in [0.2, 0.25) is 0 Å². The third-order valence-corrected chi connectivity index (χ3v) is 8.27. The molecule has 5 aromatic rings. The second kappa shape index (κ2) is 10.7. The molecule has 0 radical (unpaired) electrons. The highest BCUT2D eigenvalue weighted by molar-refractivity contribution is 7.89. The Morgan fingerprint density at radius 1 is 0.825 bits per heavy atom. The van der Waals surface area contributed by atoms with Gasteiger partial charge in [0.25, 0.3) is 0 Å². The number of benzene rings is 4. The van der Waals surface area contributed by atoms with E-state index in [-0.39, 0.29) is 10.4 Å². The first-order valence-corrected chi connectivity index (χ1v) is 13.8. The third-order valence-electron chi connectivity index (χ3n) is 6.46. The number of aromatic nitrogens is 1. The van der Waals surface area contributed by atoms with Crippen molar-refractivity contribution in [2.45, 2.75) is 17.5 Å². The van der Waals surface area contributed by atoms with Crippen molar-refractivity contribution in [1.29, 1.82) is 0 Å². The zero-order valence-electron chi connectivity index (χ0n) is 21.7. The lowest BCUT2D eigenvalue weighted by Crippen LogP contribution is -2.22. The highest BCUT2D eigenvalue weighted by atomic mass is 32.2. The summed E-state index contributed by atoms with van der Waals surface area (Å²) in [5.41, 5.74) is 2.08. The van der Waals surface area contributed by atoms with Crippen molar-refractivity contribution in [2.75, 3.05) is 14.1 Å². The van der Waals surface area contributed by atoms with Crippen LogP contribution in [0.3, 0.4) is 0 Å². The lowest BCUT2D eigenvalue weighted by molar-refractivity contribution is -0.136. The van der Waals surface area contributed by atoms with Gasteiger partial charge in [0.1, 0.15) is 11.5 Å². The van der Waals surface area contributed by atoms with Gasteiger partial charge in [0.2, 0.25) is 10.0 Å². The lowest BCUT2D eigenvalue weighted by Gasteiger charge is -2.17. The molecule has 0 atom stereocenters. The summed E-state index contributed by atoms with van der Waals surface area (Å²) in [7, 11) is -0.770. The number of fused-ring (bicyclic) bond motifs is 1. The van der Waals surface area contributed by atoms with Gasteiger partial charge in [-0.05, 0) is 59.0 Å². The van der Waals surface area contributed by atoms with Gasteiger partial charge in [-0.1, -0.05) is 60.7 Å². The molecule has 0 bridgehead atoms. The molecule has 0 fully saturated rings.